The fourth-order valence-electron chi connectivity index (χ4n) is 5.94. The van der Waals surface area contributed by atoms with E-state index >= 15 is 0 Å². The molecule has 1 saturated carbocycles. The summed E-state index contributed by atoms with van der Waals surface area (Å²) in [6, 6.07) is 12.8. The molecule has 0 bridgehead atoms. The molecule has 2 aromatic rings. The van der Waals surface area contributed by atoms with Gasteiger partial charge in [-0.2, -0.15) is 10.5 Å². The minimum atomic E-state index is -0.190. The van der Waals surface area contributed by atoms with Crippen LogP contribution in [0.2, 0.25) is 15.1 Å². The Balaban J connectivity index is 1.46. The van der Waals surface area contributed by atoms with Crippen molar-refractivity contribution in [2.24, 2.45) is 22.9 Å². The molecule has 2 fully saturated rings. The molecular formula is C25H28Cl3N4O+. The second-order valence-corrected chi connectivity index (χ2v) is 11.1. The molecule has 174 valence electrons. The third-order valence-electron chi connectivity index (χ3n) is 7.45. The highest BCUT2D eigenvalue weighted by Gasteiger charge is 2.48. The maximum absolute atomic E-state index is 13.5. The van der Waals surface area contributed by atoms with Crippen molar-refractivity contribution < 1.29 is 9.39 Å². The van der Waals surface area contributed by atoms with Crippen LogP contribution in [0.4, 0.5) is 5.69 Å². The molecule has 1 saturated heterocycles. The van der Waals surface area contributed by atoms with Crippen LogP contribution in [0.1, 0.15) is 37.8 Å². The highest BCUT2D eigenvalue weighted by atomic mass is 35.5. The number of hydrogen-bond donors (Lipinski definition) is 1. The predicted octanol–water partition coefficient (Wildman–Crippen LogP) is 6.11. The average molecular weight is 507 g/mol. The smallest absolute Gasteiger partial charge is 0.263 e. The SMILES string of the molecule is CC1C(C(=O)N[N+]2(C)CC3CCCC3C2)=NN(c2ccc(Cl)cc2Cl)C1c1ccc(Cl)cc1. The van der Waals surface area contributed by atoms with Crippen LogP contribution < -0.4 is 10.4 Å². The van der Waals surface area contributed by atoms with Crippen LogP contribution in [0.5, 0.6) is 0 Å². The van der Waals surface area contributed by atoms with E-state index in [2.05, 4.69) is 12.5 Å². The quantitative estimate of drug-likeness (QED) is 0.509. The highest BCUT2D eigenvalue weighted by Crippen LogP contribution is 2.43. The van der Waals surface area contributed by atoms with Crippen molar-refractivity contribution >= 4 is 52.1 Å². The lowest BCUT2D eigenvalue weighted by atomic mass is 9.91. The first kappa shape index (κ1) is 23.0. The first-order chi connectivity index (χ1) is 15.7. The average Bonchev–Trinajstić information content (AvgIpc) is 3.40. The number of hydrazone groups is 1. The molecule has 1 aliphatic carbocycles. The number of quaternary nitrogens is 1. The summed E-state index contributed by atoms with van der Waals surface area (Å²) in [6.45, 7) is 4.02. The molecule has 1 amide bonds. The molecule has 8 heteroatoms. The van der Waals surface area contributed by atoms with Gasteiger partial charge in [0, 0.05) is 27.8 Å². The molecule has 5 rings (SSSR count). The largest absolute Gasteiger partial charge is 0.312 e. The van der Waals surface area contributed by atoms with E-state index in [9.17, 15) is 4.79 Å². The summed E-state index contributed by atoms with van der Waals surface area (Å²) >= 11 is 18.8. The summed E-state index contributed by atoms with van der Waals surface area (Å²) in [5.74, 6) is 1.16. The lowest BCUT2D eigenvalue weighted by Gasteiger charge is -2.30. The molecule has 1 N–H and O–H groups in total. The Morgan fingerprint density at radius 3 is 2.30 bits per heavy atom. The Bertz CT molecular complexity index is 1090. The minimum absolute atomic E-state index is 0.114. The third kappa shape index (κ3) is 4.37. The Labute approximate surface area is 209 Å². The van der Waals surface area contributed by atoms with E-state index in [1.165, 1.54) is 19.3 Å². The zero-order valence-corrected chi connectivity index (χ0v) is 21.0. The number of fused-ring (bicyclic) bond motifs is 1. The van der Waals surface area contributed by atoms with Gasteiger partial charge in [-0.25, -0.2) is 4.59 Å². The van der Waals surface area contributed by atoms with Gasteiger partial charge in [0.05, 0.1) is 23.8 Å². The van der Waals surface area contributed by atoms with Crippen LogP contribution >= 0.6 is 34.8 Å². The summed E-state index contributed by atoms with van der Waals surface area (Å²) in [7, 11) is 2.13. The number of amides is 1. The van der Waals surface area contributed by atoms with Crippen LogP contribution in [-0.4, -0.2) is 36.3 Å². The van der Waals surface area contributed by atoms with Gasteiger partial charge in [-0.05, 0) is 48.7 Å². The summed E-state index contributed by atoms with van der Waals surface area (Å²) in [5.41, 5.74) is 5.54. The summed E-state index contributed by atoms with van der Waals surface area (Å²) in [6.07, 6.45) is 3.85. The van der Waals surface area contributed by atoms with Crippen LogP contribution in [0.15, 0.2) is 47.6 Å². The second-order valence-electron chi connectivity index (χ2n) is 9.86. The zero-order valence-electron chi connectivity index (χ0n) is 18.8. The van der Waals surface area contributed by atoms with Gasteiger partial charge in [-0.1, -0.05) is 60.3 Å². The van der Waals surface area contributed by atoms with E-state index < -0.39 is 0 Å². The molecule has 2 heterocycles. The molecule has 2 aromatic carbocycles. The third-order valence-corrected chi connectivity index (χ3v) is 8.24. The Kier molecular flexibility index (Phi) is 6.11. The first-order valence-corrected chi connectivity index (χ1v) is 12.6. The number of likely N-dealkylation sites (tertiary alicyclic amines) is 1. The van der Waals surface area contributed by atoms with E-state index in [-0.39, 0.29) is 17.9 Å². The van der Waals surface area contributed by atoms with Gasteiger partial charge in [-0.15, -0.1) is 0 Å². The topological polar surface area (TPSA) is 44.7 Å². The van der Waals surface area contributed by atoms with Gasteiger partial charge in [0.2, 0.25) is 0 Å². The van der Waals surface area contributed by atoms with Gasteiger partial charge in [-0.3, -0.25) is 9.80 Å². The molecule has 4 unspecified atom stereocenters. The van der Waals surface area contributed by atoms with Crippen molar-refractivity contribution in [2.45, 2.75) is 32.2 Å². The van der Waals surface area contributed by atoms with Gasteiger partial charge in [0.1, 0.15) is 18.8 Å². The van der Waals surface area contributed by atoms with Gasteiger partial charge in [0.25, 0.3) is 0 Å². The van der Waals surface area contributed by atoms with E-state index in [1.807, 2.05) is 42.3 Å². The standard InChI is InChI=1S/C25H27Cl3N4O/c1-15-23(25(33)30-32(2)13-17-4-3-5-18(17)14-32)29-31(22-11-10-20(27)12-21(22)28)24(15)16-6-8-19(26)9-7-16/h6-12,15,17-18,24H,3-5,13-14H2,1-2H3/p+1. The molecule has 5 nitrogen and oxygen atoms in total. The number of nitrogens with one attached hydrogen (secondary N) is 1. The summed E-state index contributed by atoms with van der Waals surface area (Å²) < 4.78 is 0.577. The van der Waals surface area contributed by atoms with Crippen molar-refractivity contribution in [1.29, 1.82) is 0 Å². The maximum atomic E-state index is 13.5. The van der Waals surface area contributed by atoms with Crippen LogP contribution in [0, 0.1) is 17.8 Å². The number of nitrogens with zero attached hydrogens (tertiary/aromatic N) is 3. The highest BCUT2D eigenvalue weighted by molar-refractivity contribution is 6.40. The number of halogens is 3. The van der Waals surface area contributed by atoms with Crippen molar-refractivity contribution in [3.05, 3.63) is 63.1 Å². The van der Waals surface area contributed by atoms with Crippen molar-refractivity contribution in [1.82, 2.24) is 5.43 Å². The number of hydrogen-bond acceptors (Lipinski definition) is 3. The Hall–Kier alpha value is -1.79. The Morgan fingerprint density at radius 2 is 1.67 bits per heavy atom. The van der Waals surface area contributed by atoms with Crippen molar-refractivity contribution in [2.75, 3.05) is 25.1 Å². The van der Waals surface area contributed by atoms with E-state index in [0.29, 0.717) is 42.9 Å². The normalized spacial score (nSPS) is 30.9. The molecule has 0 radical (unpaired) electrons. The van der Waals surface area contributed by atoms with Crippen LogP contribution in [0.25, 0.3) is 0 Å². The zero-order chi connectivity index (χ0) is 23.3. The van der Waals surface area contributed by atoms with Crippen molar-refractivity contribution in [3.63, 3.8) is 0 Å². The fourth-order valence-corrected chi connectivity index (χ4v) is 6.56. The van der Waals surface area contributed by atoms with E-state index in [1.54, 1.807) is 12.1 Å². The van der Waals surface area contributed by atoms with Crippen molar-refractivity contribution in [3.8, 4) is 0 Å². The summed E-state index contributed by atoms with van der Waals surface area (Å²) in [4.78, 5) is 13.5. The number of carbonyl (C=O) groups is 1. The number of benzene rings is 2. The first-order valence-electron chi connectivity index (χ1n) is 11.5. The maximum Gasteiger partial charge on any atom is 0.312 e. The van der Waals surface area contributed by atoms with E-state index in [0.717, 1.165) is 18.7 Å². The van der Waals surface area contributed by atoms with Gasteiger partial charge < -0.3 is 0 Å². The fraction of sp³-hybridized carbons (Fsp3) is 0.440. The predicted molar refractivity (Wildman–Crippen MR) is 135 cm³/mol. The van der Waals surface area contributed by atoms with Crippen LogP contribution in [-0.2, 0) is 4.79 Å². The minimum Gasteiger partial charge on any atom is -0.263 e. The molecule has 0 aromatic heterocycles. The lowest BCUT2D eigenvalue weighted by molar-refractivity contribution is -0.934. The molecular weight excluding hydrogens is 479 g/mol. The van der Waals surface area contributed by atoms with Crippen LogP contribution in [0.3, 0.4) is 0 Å². The molecule has 0 spiro atoms. The van der Waals surface area contributed by atoms with Gasteiger partial charge >= 0.3 is 5.91 Å². The van der Waals surface area contributed by atoms with Gasteiger partial charge in [0.15, 0.2) is 0 Å². The molecule has 3 aliphatic rings. The summed E-state index contributed by atoms with van der Waals surface area (Å²) in [5, 5.41) is 8.38. The second kappa shape index (κ2) is 8.77. The number of carbonyl (C=O) groups excluding carboxylic acids is 1. The molecule has 2 aliphatic heterocycles. The monoisotopic (exact) mass is 505 g/mol. The molecule has 33 heavy (non-hydrogen) atoms. The Morgan fingerprint density at radius 1 is 1.03 bits per heavy atom. The molecule has 4 atom stereocenters. The van der Waals surface area contributed by atoms with E-state index in [4.69, 9.17) is 39.9 Å². The number of anilines is 1. The number of rotatable bonds is 4. The lowest BCUT2D eigenvalue weighted by Crippen LogP contribution is -2.58.